The average Bonchev–Trinajstić information content (AvgIpc) is 2.33. The van der Waals surface area contributed by atoms with Crippen molar-refractivity contribution in [2.24, 2.45) is 0 Å². The van der Waals surface area contributed by atoms with Crippen molar-refractivity contribution in [2.75, 3.05) is 7.11 Å². The maximum absolute atomic E-state index is 5.64. The van der Waals surface area contributed by atoms with Gasteiger partial charge in [-0.2, -0.15) is 0 Å². The van der Waals surface area contributed by atoms with Crippen molar-refractivity contribution >= 4 is 0 Å². The van der Waals surface area contributed by atoms with E-state index in [0.29, 0.717) is 12.1 Å². The average molecular weight is 239 g/mol. The molecule has 2 nitrogen and oxygen atoms in total. The Labute approximate surface area is 107 Å². The summed E-state index contributed by atoms with van der Waals surface area (Å²) in [6.45, 7) is 0. The minimum Gasteiger partial charge on any atom is -0.380 e. The highest BCUT2D eigenvalue weighted by atomic mass is 16.5. The molecule has 0 aromatic rings. The summed E-state index contributed by atoms with van der Waals surface area (Å²) in [6.07, 6.45) is 15.7. The van der Waals surface area contributed by atoms with Gasteiger partial charge in [-0.3, -0.25) is 0 Å². The normalized spacial score (nSPS) is 33.0. The van der Waals surface area contributed by atoms with Gasteiger partial charge >= 0.3 is 0 Å². The summed E-state index contributed by atoms with van der Waals surface area (Å²) in [6, 6.07) is 1.38. The molecule has 100 valence electrons. The highest BCUT2D eigenvalue weighted by molar-refractivity contribution is 4.85. The minimum atomic E-state index is 0.467. The second-order valence-electron chi connectivity index (χ2n) is 5.87. The monoisotopic (exact) mass is 239 g/mol. The molecule has 0 aliphatic heterocycles. The molecule has 2 atom stereocenters. The number of methoxy groups -OCH3 is 1. The Morgan fingerprint density at radius 1 is 0.765 bits per heavy atom. The van der Waals surface area contributed by atoms with Crippen LogP contribution < -0.4 is 5.32 Å². The van der Waals surface area contributed by atoms with E-state index in [4.69, 9.17) is 4.74 Å². The molecule has 2 aliphatic rings. The van der Waals surface area contributed by atoms with E-state index >= 15 is 0 Å². The molecule has 2 aliphatic carbocycles. The lowest BCUT2D eigenvalue weighted by molar-refractivity contribution is 0.0364. The molecule has 1 N–H and O–H groups in total. The lowest BCUT2D eigenvalue weighted by Gasteiger charge is -2.35. The zero-order valence-electron chi connectivity index (χ0n) is 11.4. The van der Waals surface area contributed by atoms with Gasteiger partial charge in [0.25, 0.3) is 0 Å². The second kappa shape index (κ2) is 7.38. The molecule has 2 saturated carbocycles. The summed E-state index contributed by atoms with van der Waals surface area (Å²) in [7, 11) is 1.88. The zero-order chi connectivity index (χ0) is 11.9. The molecule has 0 aromatic carbocycles. The Balaban J connectivity index is 1.80. The molecule has 2 fully saturated rings. The van der Waals surface area contributed by atoms with Gasteiger partial charge in [-0.05, 0) is 25.7 Å². The first-order valence-corrected chi connectivity index (χ1v) is 7.69. The van der Waals surface area contributed by atoms with Crippen LogP contribution in [0.3, 0.4) is 0 Å². The van der Waals surface area contributed by atoms with Gasteiger partial charge in [0.05, 0.1) is 6.10 Å². The third kappa shape index (κ3) is 4.26. The van der Waals surface area contributed by atoms with Gasteiger partial charge < -0.3 is 10.1 Å². The van der Waals surface area contributed by atoms with E-state index in [2.05, 4.69) is 5.32 Å². The molecule has 0 spiro atoms. The maximum Gasteiger partial charge on any atom is 0.0724 e. The van der Waals surface area contributed by atoms with Gasteiger partial charge in [-0.25, -0.2) is 0 Å². The summed E-state index contributed by atoms with van der Waals surface area (Å²) in [5, 5.41) is 3.90. The van der Waals surface area contributed by atoms with Crippen LogP contribution >= 0.6 is 0 Å². The van der Waals surface area contributed by atoms with Crippen LogP contribution in [0.2, 0.25) is 0 Å². The van der Waals surface area contributed by atoms with E-state index in [0.717, 1.165) is 6.04 Å². The Morgan fingerprint density at radius 2 is 1.35 bits per heavy atom. The van der Waals surface area contributed by atoms with Gasteiger partial charge in [-0.15, -0.1) is 0 Å². The standard InChI is InChI=1S/C15H29NO/c1-17-15-12-8-7-11-14(15)16-13-9-5-3-2-4-6-10-13/h13-16H,2-12H2,1H3. The Bertz CT molecular complexity index is 199. The molecule has 0 amide bonds. The van der Waals surface area contributed by atoms with Gasteiger partial charge in [0.15, 0.2) is 0 Å². The Hall–Kier alpha value is -0.0800. The molecule has 0 aromatic heterocycles. The summed E-state index contributed by atoms with van der Waals surface area (Å²) in [4.78, 5) is 0. The number of nitrogens with one attached hydrogen (secondary N) is 1. The number of ether oxygens (including phenoxy) is 1. The molecule has 0 bridgehead atoms. The van der Waals surface area contributed by atoms with Crippen LogP contribution in [-0.2, 0) is 4.74 Å². The van der Waals surface area contributed by atoms with Crippen LogP contribution in [0.4, 0.5) is 0 Å². The third-order valence-corrected chi connectivity index (χ3v) is 4.56. The highest BCUT2D eigenvalue weighted by Crippen LogP contribution is 2.24. The van der Waals surface area contributed by atoms with Crippen LogP contribution in [0.1, 0.15) is 70.6 Å². The van der Waals surface area contributed by atoms with Crippen molar-refractivity contribution in [3.8, 4) is 0 Å². The summed E-state index contributed by atoms with van der Waals surface area (Å²) < 4.78 is 5.64. The quantitative estimate of drug-likeness (QED) is 0.811. The van der Waals surface area contributed by atoms with E-state index in [1.807, 2.05) is 7.11 Å². The summed E-state index contributed by atoms with van der Waals surface area (Å²) in [5.41, 5.74) is 0. The first-order chi connectivity index (χ1) is 8.40. The summed E-state index contributed by atoms with van der Waals surface area (Å²) >= 11 is 0. The zero-order valence-corrected chi connectivity index (χ0v) is 11.4. The SMILES string of the molecule is COC1CCCCC1NC1CCCCCCC1. The molecule has 0 saturated heterocycles. The van der Waals surface area contributed by atoms with E-state index in [9.17, 15) is 0 Å². The van der Waals surface area contributed by atoms with Crippen LogP contribution in [0.5, 0.6) is 0 Å². The fraction of sp³-hybridized carbons (Fsp3) is 1.00. The molecule has 2 heteroatoms. The third-order valence-electron chi connectivity index (χ3n) is 4.56. The van der Waals surface area contributed by atoms with E-state index in [-0.39, 0.29) is 0 Å². The van der Waals surface area contributed by atoms with Crippen molar-refractivity contribution in [2.45, 2.75) is 88.8 Å². The summed E-state index contributed by atoms with van der Waals surface area (Å²) in [5.74, 6) is 0. The van der Waals surface area contributed by atoms with Gasteiger partial charge in [-0.1, -0.05) is 44.9 Å². The second-order valence-corrected chi connectivity index (χ2v) is 5.87. The number of hydrogen-bond donors (Lipinski definition) is 1. The lowest BCUT2D eigenvalue weighted by atomic mass is 9.90. The number of rotatable bonds is 3. The maximum atomic E-state index is 5.64. The highest BCUT2D eigenvalue weighted by Gasteiger charge is 2.26. The van der Waals surface area contributed by atoms with Crippen molar-refractivity contribution in [3.63, 3.8) is 0 Å². The smallest absolute Gasteiger partial charge is 0.0724 e. The van der Waals surface area contributed by atoms with Crippen LogP contribution in [0.25, 0.3) is 0 Å². The first kappa shape index (κ1) is 13.4. The van der Waals surface area contributed by atoms with Crippen LogP contribution in [0, 0.1) is 0 Å². The number of hydrogen-bond acceptors (Lipinski definition) is 2. The first-order valence-electron chi connectivity index (χ1n) is 7.69. The molecular weight excluding hydrogens is 210 g/mol. The lowest BCUT2D eigenvalue weighted by Crippen LogP contribution is -2.47. The fourth-order valence-corrected chi connectivity index (χ4v) is 3.50. The van der Waals surface area contributed by atoms with Crippen LogP contribution in [-0.4, -0.2) is 25.3 Å². The van der Waals surface area contributed by atoms with Crippen molar-refractivity contribution in [1.29, 1.82) is 0 Å². The van der Waals surface area contributed by atoms with E-state index in [1.165, 1.54) is 70.6 Å². The minimum absolute atomic E-state index is 0.467. The molecule has 0 heterocycles. The topological polar surface area (TPSA) is 21.3 Å². The van der Waals surface area contributed by atoms with E-state index in [1.54, 1.807) is 0 Å². The Kier molecular flexibility index (Phi) is 5.79. The van der Waals surface area contributed by atoms with Gasteiger partial charge in [0, 0.05) is 19.2 Å². The van der Waals surface area contributed by atoms with Crippen molar-refractivity contribution in [1.82, 2.24) is 5.32 Å². The van der Waals surface area contributed by atoms with Gasteiger partial charge in [0.1, 0.15) is 0 Å². The molecule has 0 radical (unpaired) electrons. The molecular formula is C15H29NO. The fourth-order valence-electron chi connectivity index (χ4n) is 3.50. The Morgan fingerprint density at radius 3 is 2.06 bits per heavy atom. The van der Waals surface area contributed by atoms with Crippen LogP contribution in [0.15, 0.2) is 0 Å². The van der Waals surface area contributed by atoms with E-state index < -0.39 is 0 Å². The van der Waals surface area contributed by atoms with Crippen molar-refractivity contribution in [3.05, 3.63) is 0 Å². The largest absolute Gasteiger partial charge is 0.380 e. The predicted molar refractivity (Wildman–Crippen MR) is 72.3 cm³/mol. The molecule has 2 unspecified atom stereocenters. The predicted octanol–water partition coefficient (Wildman–Crippen LogP) is 3.65. The van der Waals surface area contributed by atoms with Crippen molar-refractivity contribution < 1.29 is 4.74 Å². The van der Waals surface area contributed by atoms with Gasteiger partial charge in [0.2, 0.25) is 0 Å². The molecule has 17 heavy (non-hydrogen) atoms. The molecule has 2 rings (SSSR count).